The van der Waals surface area contributed by atoms with Gasteiger partial charge in [-0.05, 0) is 31.0 Å². The van der Waals surface area contributed by atoms with Gasteiger partial charge in [0.1, 0.15) is 0 Å². The van der Waals surface area contributed by atoms with E-state index in [0.717, 1.165) is 32.8 Å². The maximum absolute atomic E-state index is 5.49. The van der Waals surface area contributed by atoms with Gasteiger partial charge in [0.25, 0.3) is 0 Å². The molecule has 0 radical (unpaired) electrons. The topological polar surface area (TPSA) is 33.3 Å². The van der Waals surface area contributed by atoms with E-state index in [-0.39, 0.29) is 0 Å². The molecule has 17 heavy (non-hydrogen) atoms. The van der Waals surface area contributed by atoms with Gasteiger partial charge in [-0.3, -0.25) is 0 Å². The van der Waals surface area contributed by atoms with Crippen LogP contribution in [0.25, 0.3) is 0 Å². The fourth-order valence-corrected chi connectivity index (χ4v) is 2.17. The Labute approximate surface area is 104 Å². The van der Waals surface area contributed by atoms with Gasteiger partial charge in [0.2, 0.25) is 0 Å². The molecule has 1 fully saturated rings. The molecule has 0 saturated carbocycles. The zero-order valence-corrected chi connectivity index (χ0v) is 10.5. The van der Waals surface area contributed by atoms with E-state index in [1.807, 2.05) is 6.92 Å². The lowest BCUT2D eigenvalue weighted by Crippen LogP contribution is -2.30. The predicted molar refractivity (Wildman–Crippen MR) is 69.9 cm³/mol. The first-order valence-corrected chi connectivity index (χ1v) is 6.48. The molecule has 1 aliphatic heterocycles. The molecule has 2 rings (SSSR count). The standard InChI is InChI=1S/C14H22N2O/c1-2-17-11-13-6-4-3-5-12(13)9-16-14-7-8-15-10-14/h3-6,14-16H,2,7-11H2,1H3. The summed E-state index contributed by atoms with van der Waals surface area (Å²) in [5.74, 6) is 0. The third kappa shape index (κ3) is 3.80. The summed E-state index contributed by atoms with van der Waals surface area (Å²) < 4.78 is 5.49. The molecule has 1 saturated heterocycles. The van der Waals surface area contributed by atoms with Gasteiger partial charge < -0.3 is 15.4 Å². The molecule has 1 heterocycles. The van der Waals surface area contributed by atoms with Crippen LogP contribution >= 0.6 is 0 Å². The zero-order chi connectivity index (χ0) is 11.9. The Morgan fingerprint density at radius 2 is 2.18 bits per heavy atom. The van der Waals surface area contributed by atoms with Gasteiger partial charge in [0.05, 0.1) is 6.61 Å². The lowest BCUT2D eigenvalue weighted by molar-refractivity contribution is 0.133. The van der Waals surface area contributed by atoms with Crippen molar-refractivity contribution >= 4 is 0 Å². The molecule has 0 bridgehead atoms. The summed E-state index contributed by atoms with van der Waals surface area (Å²) in [4.78, 5) is 0. The molecule has 94 valence electrons. The van der Waals surface area contributed by atoms with Crippen molar-refractivity contribution < 1.29 is 4.74 Å². The average Bonchev–Trinajstić information content (AvgIpc) is 2.88. The third-order valence-corrected chi connectivity index (χ3v) is 3.22. The van der Waals surface area contributed by atoms with Crippen LogP contribution in [0.4, 0.5) is 0 Å². The second kappa shape index (κ2) is 6.74. The maximum atomic E-state index is 5.49. The number of nitrogens with one attached hydrogen (secondary N) is 2. The van der Waals surface area contributed by atoms with E-state index in [1.54, 1.807) is 0 Å². The van der Waals surface area contributed by atoms with E-state index in [4.69, 9.17) is 4.74 Å². The molecule has 1 atom stereocenters. The van der Waals surface area contributed by atoms with Crippen molar-refractivity contribution in [2.24, 2.45) is 0 Å². The Morgan fingerprint density at radius 1 is 1.35 bits per heavy atom. The van der Waals surface area contributed by atoms with Crippen molar-refractivity contribution in [3.8, 4) is 0 Å². The van der Waals surface area contributed by atoms with Gasteiger partial charge in [-0.2, -0.15) is 0 Å². The van der Waals surface area contributed by atoms with Crippen LogP contribution in [0, 0.1) is 0 Å². The molecule has 1 unspecified atom stereocenters. The molecule has 2 N–H and O–H groups in total. The van der Waals surface area contributed by atoms with Gasteiger partial charge in [-0.15, -0.1) is 0 Å². The SMILES string of the molecule is CCOCc1ccccc1CNC1CCNC1. The predicted octanol–water partition coefficient (Wildman–Crippen LogP) is 1.67. The number of ether oxygens (including phenoxy) is 1. The van der Waals surface area contributed by atoms with Gasteiger partial charge >= 0.3 is 0 Å². The molecule has 0 aromatic heterocycles. The highest BCUT2D eigenvalue weighted by atomic mass is 16.5. The molecular weight excluding hydrogens is 212 g/mol. The first kappa shape index (κ1) is 12.6. The largest absolute Gasteiger partial charge is 0.377 e. The van der Waals surface area contributed by atoms with Crippen molar-refractivity contribution in [2.75, 3.05) is 19.7 Å². The lowest BCUT2D eigenvalue weighted by atomic mass is 10.1. The molecule has 1 aromatic carbocycles. The van der Waals surface area contributed by atoms with E-state index in [1.165, 1.54) is 17.5 Å². The van der Waals surface area contributed by atoms with Crippen LogP contribution < -0.4 is 10.6 Å². The van der Waals surface area contributed by atoms with Crippen molar-refractivity contribution in [1.82, 2.24) is 10.6 Å². The maximum Gasteiger partial charge on any atom is 0.0719 e. The van der Waals surface area contributed by atoms with Gasteiger partial charge in [0.15, 0.2) is 0 Å². The molecule has 1 aromatic rings. The fraction of sp³-hybridized carbons (Fsp3) is 0.571. The summed E-state index contributed by atoms with van der Waals surface area (Å²) in [6.45, 7) is 6.69. The highest BCUT2D eigenvalue weighted by Crippen LogP contribution is 2.11. The smallest absolute Gasteiger partial charge is 0.0719 e. The van der Waals surface area contributed by atoms with Crippen molar-refractivity contribution in [3.63, 3.8) is 0 Å². The zero-order valence-electron chi connectivity index (χ0n) is 10.5. The minimum Gasteiger partial charge on any atom is -0.377 e. The van der Waals surface area contributed by atoms with Gasteiger partial charge in [0, 0.05) is 25.7 Å². The summed E-state index contributed by atoms with van der Waals surface area (Å²) in [5, 5.41) is 6.97. The van der Waals surface area contributed by atoms with Crippen molar-refractivity contribution in [3.05, 3.63) is 35.4 Å². The quantitative estimate of drug-likeness (QED) is 0.785. The number of hydrogen-bond donors (Lipinski definition) is 2. The molecular formula is C14H22N2O. The summed E-state index contributed by atoms with van der Waals surface area (Å²) in [6.07, 6.45) is 1.23. The third-order valence-electron chi connectivity index (χ3n) is 3.22. The van der Waals surface area contributed by atoms with E-state index in [0.29, 0.717) is 6.04 Å². The highest BCUT2D eigenvalue weighted by Gasteiger charge is 2.13. The van der Waals surface area contributed by atoms with E-state index in [2.05, 4.69) is 34.9 Å². The number of hydrogen-bond acceptors (Lipinski definition) is 3. The van der Waals surface area contributed by atoms with E-state index in [9.17, 15) is 0 Å². The van der Waals surface area contributed by atoms with E-state index < -0.39 is 0 Å². The van der Waals surface area contributed by atoms with Gasteiger partial charge in [-0.1, -0.05) is 24.3 Å². The van der Waals surface area contributed by atoms with Crippen LogP contribution in [0.3, 0.4) is 0 Å². The Hall–Kier alpha value is -0.900. The minimum atomic E-state index is 0.621. The minimum absolute atomic E-state index is 0.621. The summed E-state index contributed by atoms with van der Waals surface area (Å²) in [5.41, 5.74) is 2.65. The number of benzene rings is 1. The van der Waals surface area contributed by atoms with Crippen LogP contribution in [0.15, 0.2) is 24.3 Å². The Morgan fingerprint density at radius 3 is 2.88 bits per heavy atom. The van der Waals surface area contributed by atoms with Crippen LogP contribution in [0.2, 0.25) is 0 Å². The lowest BCUT2D eigenvalue weighted by Gasteiger charge is -2.14. The van der Waals surface area contributed by atoms with Crippen LogP contribution in [0.5, 0.6) is 0 Å². The van der Waals surface area contributed by atoms with Crippen LogP contribution in [-0.4, -0.2) is 25.7 Å². The first-order chi connectivity index (χ1) is 8.40. The molecule has 0 aliphatic carbocycles. The molecule has 3 heteroatoms. The second-order valence-electron chi connectivity index (χ2n) is 4.48. The van der Waals surface area contributed by atoms with Crippen LogP contribution in [0.1, 0.15) is 24.5 Å². The Balaban J connectivity index is 1.89. The average molecular weight is 234 g/mol. The molecule has 0 spiro atoms. The highest BCUT2D eigenvalue weighted by molar-refractivity contribution is 5.26. The molecule has 0 amide bonds. The van der Waals surface area contributed by atoms with Crippen LogP contribution in [-0.2, 0) is 17.9 Å². The van der Waals surface area contributed by atoms with E-state index >= 15 is 0 Å². The fourth-order valence-electron chi connectivity index (χ4n) is 2.17. The summed E-state index contributed by atoms with van der Waals surface area (Å²) in [7, 11) is 0. The summed E-state index contributed by atoms with van der Waals surface area (Å²) in [6, 6.07) is 9.13. The van der Waals surface area contributed by atoms with Crippen molar-refractivity contribution in [1.29, 1.82) is 0 Å². The molecule has 3 nitrogen and oxygen atoms in total. The normalized spacial score (nSPS) is 19.7. The monoisotopic (exact) mass is 234 g/mol. The first-order valence-electron chi connectivity index (χ1n) is 6.48. The van der Waals surface area contributed by atoms with Crippen molar-refractivity contribution in [2.45, 2.75) is 32.5 Å². The number of rotatable bonds is 6. The Kier molecular flexibility index (Phi) is 4.98. The van der Waals surface area contributed by atoms with Gasteiger partial charge in [-0.25, -0.2) is 0 Å². The second-order valence-corrected chi connectivity index (χ2v) is 4.48. The molecule has 1 aliphatic rings. The summed E-state index contributed by atoms with van der Waals surface area (Å²) >= 11 is 0. The Bertz CT molecular complexity index is 335.